The number of likely N-dealkylation sites (tertiary alicyclic amines) is 1. The number of piperidine rings is 1. The number of amides is 2. The normalized spacial score (nSPS) is 14.6. The maximum absolute atomic E-state index is 12.8. The zero-order valence-corrected chi connectivity index (χ0v) is 21.4. The Morgan fingerprint density at radius 1 is 0.892 bits per heavy atom. The number of halogens is 1. The maximum atomic E-state index is 12.8. The number of rotatable bonds is 8. The highest BCUT2D eigenvalue weighted by atomic mass is 35.5. The first-order valence-corrected chi connectivity index (χ1v) is 12.4. The smallest absolute Gasteiger partial charge is 0.340 e. The summed E-state index contributed by atoms with van der Waals surface area (Å²) in [5.41, 5.74) is 2.72. The summed E-state index contributed by atoms with van der Waals surface area (Å²) in [6.45, 7) is 0.638. The van der Waals surface area contributed by atoms with E-state index in [1.807, 2.05) is 12.1 Å². The molecule has 192 valence electrons. The molecule has 1 aliphatic rings. The lowest BCUT2D eigenvalue weighted by Gasteiger charge is -2.43. The number of hydrogen-bond donors (Lipinski definition) is 1. The number of carbonyl (C=O) groups excluding carboxylic acids is 3. The second kappa shape index (κ2) is 12.0. The topological polar surface area (TPSA) is 84.9 Å². The van der Waals surface area contributed by atoms with Crippen LogP contribution in [0.15, 0.2) is 78.9 Å². The van der Waals surface area contributed by atoms with E-state index in [0.29, 0.717) is 18.1 Å². The quantitative estimate of drug-likeness (QED) is 0.435. The Kier molecular flexibility index (Phi) is 8.58. The van der Waals surface area contributed by atoms with Crippen molar-refractivity contribution in [2.24, 2.45) is 0 Å². The number of nitrogens with zero attached hydrogens (tertiary/aromatic N) is 1. The molecule has 37 heavy (non-hydrogen) atoms. The highest BCUT2D eigenvalue weighted by molar-refractivity contribution is 6.31. The van der Waals surface area contributed by atoms with Gasteiger partial charge in [-0.3, -0.25) is 9.59 Å². The molecule has 4 rings (SSSR count). The molecule has 0 atom stereocenters. The van der Waals surface area contributed by atoms with Crippen LogP contribution < -0.4 is 5.32 Å². The van der Waals surface area contributed by atoms with Crippen LogP contribution >= 0.6 is 11.6 Å². The zero-order chi connectivity index (χ0) is 26.3. The minimum atomic E-state index is -0.624. The van der Waals surface area contributed by atoms with Crippen molar-refractivity contribution in [3.05, 3.63) is 101 Å². The molecule has 1 fully saturated rings. The predicted octanol–water partition coefficient (Wildman–Crippen LogP) is 4.69. The zero-order valence-electron chi connectivity index (χ0n) is 20.6. The molecule has 3 aromatic rings. The van der Waals surface area contributed by atoms with Crippen molar-refractivity contribution in [1.82, 2.24) is 4.90 Å². The first-order valence-electron chi connectivity index (χ1n) is 12.1. The Labute approximate surface area is 221 Å². The predicted molar refractivity (Wildman–Crippen MR) is 142 cm³/mol. The van der Waals surface area contributed by atoms with Crippen LogP contribution in [0.4, 0.5) is 5.69 Å². The van der Waals surface area contributed by atoms with E-state index in [-0.39, 0.29) is 35.8 Å². The van der Waals surface area contributed by atoms with Crippen molar-refractivity contribution in [3.63, 3.8) is 0 Å². The molecule has 0 radical (unpaired) electrons. The van der Waals surface area contributed by atoms with Crippen LogP contribution in [-0.4, -0.2) is 56.1 Å². The number of ether oxygens (including phenoxy) is 2. The van der Waals surface area contributed by atoms with Crippen LogP contribution in [0.25, 0.3) is 0 Å². The second-order valence-corrected chi connectivity index (χ2v) is 9.35. The molecule has 1 saturated heterocycles. The van der Waals surface area contributed by atoms with Crippen molar-refractivity contribution < 1.29 is 23.9 Å². The summed E-state index contributed by atoms with van der Waals surface area (Å²) in [4.78, 5) is 39.0. The van der Waals surface area contributed by atoms with E-state index in [2.05, 4.69) is 53.8 Å². The Morgan fingerprint density at radius 2 is 1.49 bits per heavy atom. The van der Waals surface area contributed by atoms with Crippen molar-refractivity contribution in [2.75, 3.05) is 38.7 Å². The van der Waals surface area contributed by atoms with E-state index < -0.39 is 11.9 Å². The summed E-state index contributed by atoms with van der Waals surface area (Å²) < 4.78 is 10.1. The average Bonchev–Trinajstić information content (AvgIpc) is 2.94. The lowest BCUT2D eigenvalue weighted by atomic mass is 9.68. The molecule has 0 spiro atoms. The van der Waals surface area contributed by atoms with Gasteiger partial charge < -0.3 is 19.7 Å². The summed E-state index contributed by atoms with van der Waals surface area (Å²) in [5.74, 6) is -1.28. The second-order valence-electron chi connectivity index (χ2n) is 8.92. The molecule has 3 aromatic carbocycles. The standard InChI is InChI=1S/C29H29ClN2O5/c1-36-28(35)24-18-23(30)12-13-25(24)31-26(33)19-37-20-27(34)32-16-14-29(15-17-32,21-8-4-2-5-9-21)22-10-6-3-7-11-22/h2-13,18H,14-17,19-20H2,1H3,(H,31,33). The van der Waals surface area contributed by atoms with Crippen LogP contribution in [0.3, 0.4) is 0 Å². The van der Waals surface area contributed by atoms with Crippen LogP contribution in [0.1, 0.15) is 34.3 Å². The van der Waals surface area contributed by atoms with Gasteiger partial charge in [-0.1, -0.05) is 72.3 Å². The van der Waals surface area contributed by atoms with Gasteiger partial charge in [0.1, 0.15) is 13.2 Å². The van der Waals surface area contributed by atoms with Gasteiger partial charge in [0.2, 0.25) is 11.8 Å². The molecule has 1 N–H and O–H groups in total. The number of nitrogens with one attached hydrogen (secondary N) is 1. The molecular formula is C29H29ClN2O5. The third kappa shape index (κ3) is 6.18. The van der Waals surface area contributed by atoms with E-state index >= 15 is 0 Å². The van der Waals surface area contributed by atoms with Gasteiger partial charge in [0.15, 0.2) is 0 Å². The van der Waals surface area contributed by atoms with Gasteiger partial charge in [-0.15, -0.1) is 0 Å². The lowest BCUT2D eigenvalue weighted by Crippen LogP contribution is -2.47. The van der Waals surface area contributed by atoms with Gasteiger partial charge in [-0.05, 0) is 42.2 Å². The summed E-state index contributed by atoms with van der Waals surface area (Å²) >= 11 is 5.95. The van der Waals surface area contributed by atoms with Crippen LogP contribution in [0, 0.1) is 0 Å². The van der Waals surface area contributed by atoms with Crippen LogP contribution in [-0.2, 0) is 24.5 Å². The van der Waals surface area contributed by atoms with Gasteiger partial charge in [-0.2, -0.15) is 0 Å². The SMILES string of the molecule is COC(=O)c1cc(Cl)ccc1NC(=O)COCC(=O)N1CCC(c2ccccc2)(c2ccccc2)CC1. The lowest BCUT2D eigenvalue weighted by molar-refractivity contribution is -0.138. The van der Waals surface area contributed by atoms with Crippen molar-refractivity contribution in [2.45, 2.75) is 18.3 Å². The number of esters is 1. The Morgan fingerprint density at radius 3 is 2.05 bits per heavy atom. The summed E-state index contributed by atoms with van der Waals surface area (Å²) in [7, 11) is 1.24. The average molecular weight is 521 g/mol. The molecular weight excluding hydrogens is 492 g/mol. The Hall–Kier alpha value is -3.68. The fraction of sp³-hybridized carbons (Fsp3) is 0.276. The van der Waals surface area contributed by atoms with Gasteiger partial charge in [0.25, 0.3) is 0 Å². The number of carbonyl (C=O) groups is 3. The fourth-order valence-corrected chi connectivity index (χ4v) is 4.98. The first-order chi connectivity index (χ1) is 17.9. The molecule has 0 aromatic heterocycles. The summed E-state index contributed by atoms with van der Waals surface area (Å²) in [5, 5.41) is 2.94. The fourth-order valence-electron chi connectivity index (χ4n) is 4.81. The number of anilines is 1. The van der Waals surface area contributed by atoms with Crippen molar-refractivity contribution in [1.29, 1.82) is 0 Å². The summed E-state index contributed by atoms with van der Waals surface area (Å²) in [6.07, 6.45) is 1.58. The highest BCUT2D eigenvalue weighted by Crippen LogP contribution is 2.41. The van der Waals surface area contributed by atoms with Gasteiger partial charge >= 0.3 is 5.97 Å². The molecule has 0 saturated carbocycles. The van der Waals surface area contributed by atoms with Crippen LogP contribution in [0.2, 0.25) is 5.02 Å². The molecule has 0 aliphatic carbocycles. The van der Waals surface area contributed by atoms with Gasteiger partial charge in [-0.25, -0.2) is 4.79 Å². The minimum Gasteiger partial charge on any atom is -0.465 e. The summed E-state index contributed by atoms with van der Waals surface area (Å²) in [6, 6.07) is 25.3. The van der Waals surface area contributed by atoms with E-state index in [4.69, 9.17) is 21.1 Å². The molecule has 1 heterocycles. The van der Waals surface area contributed by atoms with Gasteiger partial charge in [0.05, 0.1) is 18.4 Å². The Balaban J connectivity index is 1.32. The van der Waals surface area contributed by atoms with Crippen molar-refractivity contribution in [3.8, 4) is 0 Å². The largest absolute Gasteiger partial charge is 0.465 e. The highest BCUT2D eigenvalue weighted by Gasteiger charge is 2.38. The molecule has 1 aliphatic heterocycles. The number of hydrogen-bond acceptors (Lipinski definition) is 5. The number of methoxy groups -OCH3 is 1. The third-order valence-corrected chi connectivity index (χ3v) is 6.98. The third-order valence-electron chi connectivity index (χ3n) is 6.74. The van der Waals surface area contributed by atoms with Crippen LogP contribution in [0.5, 0.6) is 0 Å². The Bertz CT molecular complexity index is 1200. The van der Waals surface area contributed by atoms with Gasteiger partial charge in [0, 0.05) is 23.5 Å². The molecule has 0 bridgehead atoms. The van der Waals surface area contributed by atoms with Crippen molar-refractivity contribution >= 4 is 35.1 Å². The van der Waals surface area contributed by atoms with E-state index in [9.17, 15) is 14.4 Å². The molecule has 0 unspecified atom stereocenters. The molecule has 7 nitrogen and oxygen atoms in total. The number of benzene rings is 3. The minimum absolute atomic E-state index is 0.132. The molecule has 2 amide bonds. The van der Waals surface area contributed by atoms with E-state index in [1.165, 1.54) is 30.4 Å². The van der Waals surface area contributed by atoms with E-state index in [1.54, 1.807) is 11.0 Å². The molecule has 8 heteroatoms. The van der Waals surface area contributed by atoms with E-state index in [0.717, 1.165) is 12.8 Å². The maximum Gasteiger partial charge on any atom is 0.340 e. The first kappa shape index (κ1) is 26.4. The monoisotopic (exact) mass is 520 g/mol.